The fraction of sp³-hybridized carbons (Fsp3) is 0.455. The number of benzene rings is 1. The second-order valence-corrected chi connectivity index (χ2v) is 8.67. The topological polar surface area (TPSA) is 48.7 Å². The van der Waals surface area contributed by atoms with Gasteiger partial charge in [-0.2, -0.15) is 4.98 Å². The number of rotatable bonds is 5. The smallest absolute Gasteiger partial charge is 0.231 e. The molecule has 28 heavy (non-hydrogen) atoms. The average Bonchev–Trinajstić information content (AvgIpc) is 3.30. The first-order valence-electron chi connectivity index (χ1n) is 10.3. The van der Waals surface area contributed by atoms with Crippen LogP contribution in [0.25, 0.3) is 10.2 Å². The molecule has 146 valence electrons. The number of hydrogen-bond acceptors (Lipinski definition) is 5. The van der Waals surface area contributed by atoms with E-state index in [2.05, 4.69) is 19.1 Å². The van der Waals surface area contributed by atoms with Crippen LogP contribution in [0.3, 0.4) is 0 Å². The van der Waals surface area contributed by atoms with Crippen LogP contribution in [0, 0.1) is 0 Å². The van der Waals surface area contributed by atoms with Crippen molar-refractivity contribution in [3.05, 3.63) is 46.1 Å². The van der Waals surface area contributed by atoms with Crippen LogP contribution in [0.4, 0.5) is 0 Å². The maximum atomic E-state index is 6.45. The van der Waals surface area contributed by atoms with Gasteiger partial charge in [0.05, 0.1) is 18.6 Å². The number of quaternary nitrogens is 1. The van der Waals surface area contributed by atoms with Crippen molar-refractivity contribution in [3.63, 3.8) is 0 Å². The maximum absolute atomic E-state index is 6.45. The number of aromatic nitrogens is 2. The Labute approximate surface area is 169 Å². The Morgan fingerprint density at radius 2 is 2.00 bits per heavy atom. The Morgan fingerprint density at radius 3 is 2.86 bits per heavy atom. The molecule has 1 saturated heterocycles. The van der Waals surface area contributed by atoms with Gasteiger partial charge in [-0.1, -0.05) is 25.1 Å². The Bertz CT molecular complexity index is 995. The van der Waals surface area contributed by atoms with Crippen LogP contribution in [-0.2, 0) is 30.5 Å². The summed E-state index contributed by atoms with van der Waals surface area (Å²) in [6.07, 6.45) is 4.43. The number of para-hydroxylation sites is 1. The minimum absolute atomic E-state index is 0.743. The van der Waals surface area contributed by atoms with E-state index >= 15 is 0 Å². The van der Waals surface area contributed by atoms with Crippen molar-refractivity contribution in [3.8, 4) is 11.6 Å². The molecular formula is C22H26N3O2S+. The summed E-state index contributed by atoms with van der Waals surface area (Å²) in [5, 5.41) is 1.14. The molecule has 0 atom stereocenters. The van der Waals surface area contributed by atoms with E-state index in [1.807, 2.05) is 23.5 Å². The molecule has 5 nitrogen and oxygen atoms in total. The summed E-state index contributed by atoms with van der Waals surface area (Å²) in [6, 6.07) is 8.28. The van der Waals surface area contributed by atoms with Crippen molar-refractivity contribution in [1.82, 2.24) is 9.97 Å². The highest BCUT2D eigenvalue weighted by molar-refractivity contribution is 7.19. The molecule has 1 fully saturated rings. The number of ether oxygens (including phenoxy) is 2. The summed E-state index contributed by atoms with van der Waals surface area (Å²) in [4.78, 5) is 13.9. The van der Waals surface area contributed by atoms with E-state index < -0.39 is 0 Å². The lowest BCUT2D eigenvalue weighted by molar-refractivity contribution is -0.922. The summed E-state index contributed by atoms with van der Waals surface area (Å²) in [6.45, 7) is 6.64. The van der Waals surface area contributed by atoms with Gasteiger partial charge in [-0.3, -0.25) is 0 Å². The lowest BCUT2D eigenvalue weighted by Gasteiger charge is -2.23. The molecule has 0 saturated carbocycles. The first kappa shape index (κ1) is 18.0. The van der Waals surface area contributed by atoms with E-state index in [1.54, 1.807) is 0 Å². The summed E-state index contributed by atoms with van der Waals surface area (Å²) < 4.78 is 11.9. The van der Waals surface area contributed by atoms with E-state index in [0.717, 1.165) is 79.8 Å². The fourth-order valence-electron chi connectivity index (χ4n) is 4.22. The summed E-state index contributed by atoms with van der Waals surface area (Å²) in [5.74, 6) is 2.54. The zero-order valence-electron chi connectivity index (χ0n) is 16.3. The highest BCUT2D eigenvalue weighted by Crippen LogP contribution is 2.41. The predicted octanol–water partition coefficient (Wildman–Crippen LogP) is 2.95. The van der Waals surface area contributed by atoms with Crippen LogP contribution in [-0.4, -0.2) is 36.3 Å². The van der Waals surface area contributed by atoms with Crippen LogP contribution in [0.15, 0.2) is 24.3 Å². The van der Waals surface area contributed by atoms with Crippen LogP contribution in [0.2, 0.25) is 0 Å². The van der Waals surface area contributed by atoms with E-state index in [-0.39, 0.29) is 0 Å². The van der Waals surface area contributed by atoms with E-state index in [4.69, 9.17) is 19.4 Å². The van der Waals surface area contributed by atoms with Crippen LogP contribution in [0.1, 0.15) is 35.2 Å². The summed E-state index contributed by atoms with van der Waals surface area (Å²) in [5.41, 5.74) is 2.62. The first-order chi connectivity index (χ1) is 13.8. The normalized spacial score (nSPS) is 17.2. The molecule has 1 N–H and O–H groups in total. The van der Waals surface area contributed by atoms with Gasteiger partial charge < -0.3 is 14.4 Å². The van der Waals surface area contributed by atoms with Crippen LogP contribution >= 0.6 is 11.3 Å². The summed E-state index contributed by atoms with van der Waals surface area (Å²) in [7, 11) is 0. The van der Waals surface area contributed by atoms with Crippen molar-refractivity contribution >= 4 is 21.6 Å². The third-order valence-electron chi connectivity index (χ3n) is 5.75. The second-order valence-electron chi connectivity index (χ2n) is 7.58. The predicted molar refractivity (Wildman–Crippen MR) is 111 cm³/mol. The number of fused-ring (bicyclic) bond motifs is 3. The van der Waals surface area contributed by atoms with Gasteiger partial charge in [0.25, 0.3) is 0 Å². The average molecular weight is 397 g/mol. The molecule has 0 amide bonds. The second kappa shape index (κ2) is 7.78. The molecule has 0 unspecified atom stereocenters. The van der Waals surface area contributed by atoms with Crippen molar-refractivity contribution in [2.45, 2.75) is 39.2 Å². The number of nitrogens with zero attached hydrogens (tertiary/aromatic N) is 2. The Hall–Kier alpha value is -2.02. The monoisotopic (exact) mass is 396 g/mol. The first-order valence-corrected chi connectivity index (χ1v) is 11.1. The third kappa shape index (κ3) is 3.41. The number of hydrogen-bond donors (Lipinski definition) is 1. The van der Waals surface area contributed by atoms with Gasteiger partial charge in [0, 0.05) is 4.88 Å². The van der Waals surface area contributed by atoms with Gasteiger partial charge in [-0.15, -0.1) is 11.3 Å². The van der Waals surface area contributed by atoms with Crippen LogP contribution < -0.4 is 9.64 Å². The Morgan fingerprint density at radius 1 is 1.14 bits per heavy atom. The van der Waals surface area contributed by atoms with Gasteiger partial charge in [-0.05, 0) is 42.9 Å². The zero-order valence-corrected chi connectivity index (χ0v) is 17.1. The molecule has 2 aliphatic rings. The van der Waals surface area contributed by atoms with Crippen molar-refractivity contribution in [2.75, 3.05) is 26.3 Å². The highest BCUT2D eigenvalue weighted by atomic mass is 32.1. The fourth-order valence-corrected chi connectivity index (χ4v) is 5.49. The van der Waals surface area contributed by atoms with Crippen LogP contribution in [0.5, 0.6) is 11.6 Å². The molecule has 0 radical (unpaired) electrons. The molecule has 6 heteroatoms. The molecule has 1 aliphatic heterocycles. The molecule has 5 rings (SSSR count). The molecule has 3 aromatic rings. The van der Waals surface area contributed by atoms with Crippen molar-refractivity contribution < 1.29 is 14.4 Å². The SMILES string of the molecule is CCc1ccccc1Oc1nc(C[NH+]2CCOCC2)nc2sc3c(c12)CCC3. The highest BCUT2D eigenvalue weighted by Gasteiger charge is 2.25. The van der Waals surface area contributed by atoms with E-state index in [9.17, 15) is 0 Å². The van der Waals surface area contributed by atoms with E-state index in [1.165, 1.54) is 27.3 Å². The number of aryl methyl sites for hydroxylation is 3. The molecule has 1 aromatic carbocycles. The minimum Gasteiger partial charge on any atom is -0.438 e. The Kier molecular flexibility index (Phi) is 5.01. The van der Waals surface area contributed by atoms with Gasteiger partial charge in [0.15, 0.2) is 5.82 Å². The maximum Gasteiger partial charge on any atom is 0.231 e. The molecule has 0 bridgehead atoms. The lowest BCUT2D eigenvalue weighted by Crippen LogP contribution is -3.12. The molecule has 3 heterocycles. The standard InChI is InChI=1S/C22H25N3O2S/c1-2-15-6-3-4-8-17(15)27-21-20-16-7-5-9-18(16)28-22(20)24-19(23-21)14-25-10-12-26-13-11-25/h3-4,6,8H,2,5,7,9-14H2,1H3/p+1. The molecule has 0 spiro atoms. The van der Waals surface area contributed by atoms with Gasteiger partial charge in [0.2, 0.25) is 5.88 Å². The zero-order chi connectivity index (χ0) is 18.9. The quantitative estimate of drug-likeness (QED) is 0.720. The number of nitrogens with one attached hydrogen (secondary N) is 1. The third-order valence-corrected chi connectivity index (χ3v) is 6.93. The Balaban J connectivity index is 1.56. The number of thiophene rings is 1. The van der Waals surface area contributed by atoms with Crippen molar-refractivity contribution in [2.24, 2.45) is 0 Å². The molecule has 1 aliphatic carbocycles. The molecule has 2 aromatic heterocycles. The van der Waals surface area contributed by atoms with Crippen molar-refractivity contribution in [1.29, 1.82) is 0 Å². The number of morpholine rings is 1. The van der Waals surface area contributed by atoms with Gasteiger partial charge >= 0.3 is 0 Å². The largest absolute Gasteiger partial charge is 0.438 e. The van der Waals surface area contributed by atoms with E-state index in [0.29, 0.717) is 0 Å². The summed E-state index contributed by atoms with van der Waals surface area (Å²) >= 11 is 1.83. The minimum atomic E-state index is 0.743. The molecular weight excluding hydrogens is 370 g/mol. The van der Waals surface area contributed by atoms with Gasteiger partial charge in [0.1, 0.15) is 30.2 Å². The lowest BCUT2D eigenvalue weighted by atomic mass is 10.1. The van der Waals surface area contributed by atoms with Gasteiger partial charge in [-0.25, -0.2) is 4.98 Å².